The first kappa shape index (κ1) is 8.54. The Bertz CT molecular complexity index is 81.8. The summed E-state index contributed by atoms with van der Waals surface area (Å²) in [7, 11) is 0. The Kier molecular flexibility index (Phi) is 5.27. The molecule has 10 heavy (non-hydrogen) atoms. The normalized spacial score (nSPS) is 22.4. The zero-order chi connectivity index (χ0) is 7.07. The Morgan fingerprint density at radius 3 is 2.00 bits per heavy atom. The molecule has 58 valence electrons. The van der Waals surface area contributed by atoms with Crippen LogP contribution in [0, 0.1) is 0 Å². The number of hydrogen-bond donors (Lipinski definition) is 0. The third-order valence-electron chi connectivity index (χ3n) is 1.42. The van der Waals surface area contributed by atoms with Crippen LogP contribution in [0.25, 0.3) is 0 Å². The van der Waals surface area contributed by atoms with E-state index in [1.807, 2.05) is 11.8 Å². The molecule has 0 saturated carbocycles. The molecule has 2 heterocycles. The molecule has 0 nitrogen and oxygen atoms in total. The molecular formula is C8H14S2. The zero-order valence-corrected chi connectivity index (χ0v) is 7.85. The van der Waals surface area contributed by atoms with Gasteiger partial charge in [-0.25, -0.2) is 0 Å². The Labute approximate surface area is 71.8 Å². The van der Waals surface area contributed by atoms with Gasteiger partial charge in [0.15, 0.2) is 0 Å². The summed E-state index contributed by atoms with van der Waals surface area (Å²) in [5.74, 6) is 4.14. The molecule has 2 aliphatic rings. The molecule has 1 fully saturated rings. The van der Waals surface area contributed by atoms with Crippen molar-refractivity contribution < 1.29 is 0 Å². The summed E-state index contributed by atoms with van der Waals surface area (Å²) < 4.78 is 0. The number of rotatable bonds is 0. The van der Waals surface area contributed by atoms with Crippen LogP contribution >= 0.6 is 23.5 Å². The molecule has 0 N–H and O–H groups in total. The van der Waals surface area contributed by atoms with Crippen molar-refractivity contribution in [3.8, 4) is 0 Å². The van der Waals surface area contributed by atoms with Crippen molar-refractivity contribution >= 4 is 23.5 Å². The first-order valence-corrected chi connectivity index (χ1v) is 6.05. The third kappa shape index (κ3) is 4.29. The number of allylic oxidation sites excluding steroid dienone is 1. The van der Waals surface area contributed by atoms with Crippen LogP contribution in [0.15, 0.2) is 11.5 Å². The SMILES string of the molecule is C1=CSCC1.C1CCSC1. The fourth-order valence-electron chi connectivity index (χ4n) is 0.851. The lowest BCUT2D eigenvalue weighted by molar-refractivity contribution is 0.949. The molecule has 2 aliphatic heterocycles. The largest absolute Gasteiger partial charge is 0.162 e. The molecule has 1 saturated heterocycles. The molecule has 0 radical (unpaired) electrons. The lowest BCUT2D eigenvalue weighted by Crippen LogP contribution is -1.58. The van der Waals surface area contributed by atoms with Crippen LogP contribution < -0.4 is 0 Å². The Hall–Kier alpha value is 0.440. The van der Waals surface area contributed by atoms with E-state index in [9.17, 15) is 0 Å². The van der Waals surface area contributed by atoms with Crippen LogP contribution in [-0.4, -0.2) is 17.3 Å². The average Bonchev–Trinajstić information content (AvgIpc) is 2.67. The minimum atomic E-state index is 1.28. The molecule has 2 rings (SSSR count). The fourth-order valence-corrected chi connectivity index (χ4v) is 2.55. The second kappa shape index (κ2) is 6.17. The molecule has 0 aliphatic carbocycles. The fraction of sp³-hybridized carbons (Fsp3) is 0.750. The van der Waals surface area contributed by atoms with E-state index in [0.29, 0.717) is 0 Å². The first-order valence-electron chi connectivity index (χ1n) is 3.84. The predicted molar refractivity (Wildman–Crippen MR) is 52.8 cm³/mol. The Morgan fingerprint density at radius 2 is 1.80 bits per heavy atom. The minimum Gasteiger partial charge on any atom is -0.162 e. The van der Waals surface area contributed by atoms with Gasteiger partial charge >= 0.3 is 0 Å². The van der Waals surface area contributed by atoms with Gasteiger partial charge in [0.1, 0.15) is 0 Å². The van der Waals surface area contributed by atoms with Crippen molar-refractivity contribution in [1.29, 1.82) is 0 Å². The van der Waals surface area contributed by atoms with Crippen molar-refractivity contribution in [3.05, 3.63) is 11.5 Å². The standard InChI is InChI=1S/C4H8S.C4H6S/c2*1-2-4-5-3-1/h1-4H2;1,3H,2,4H2. The van der Waals surface area contributed by atoms with E-state index in [1.54, 1.807) is 0 Å². The monoisotopic (exact) mass is 174 g/mol. The summed E-state index contributed by atoms with van der Waals surface area (Å²) in [6.45, 7) is 0. The smallest absolute Gasteiger partial charge is 0.000884 e. The molecule has 0 aromatic rings. The highest BCUT2D eigenvalue weighted by Gasteiger charge is 1.95. The molecule has 0 unspecified atom stereocenters. The van der Waals surface area contributed by atoms with Gasteiger partial charge in [0.2, 0.25) is 0 Å². The maximum Gasteiger partial charge on any atom is 0.000884 e. The van der Waals surface area contributed by atoms with Gasteiger partial charge in [0.25, 0.3) is 0 Å². The van der Waals surface area contributed by atoms with Crippen LogP contribution in [-0.2, 0) is 0 Å². The van der Waals surface area contributed by atoms with Crippen molar-refractivity contribution in [3.63, 3.8) is 0 Å². The van der Waals surface area contributed by atoms with Crippen LogP contribution in [0.3, 0.4) is 0 Å². The van der Waals surface area contributed by atoms with Gasteiger partial charge in [0.05, 0.1) is 0 Å². The topological polar surface area (TPSA) is 0 Å². The Morgan fingerprint density at radius 1 is 1.00 bits per heavy atom. The Balaban J connectivity index is 0.0000001000. The van der Waals surface area contributed by atoms with Crippen LogP contribution in [0.2, 0.25) is 0 Å². The van der Waals surface area contributed by atoms with Gasteiger partial charge in [-0.1, -0.05) is 6.08 Å². The predicted octanol–water partition coefficient (Wildman–Crippen LogP) is 3.15. The van der Waals surface area contributed by atoms with E-state index in [0.717, 1.165) is 0 Å². The molecule has 0 amide bonds. The van der Waals surface area contributed by atoms with Gasteiger partial charge in [0, 0.05) is 5.75 Å². The van der Waals surface area contributed by atoms with Gasteiger partial charge in [-0.2, -0.15) is 11.8 Å². The summed E-state index contributed by atoms with van der Waals surface area (Å²) in [5.41, 5.74) is 0. The molecule has 0 bridgehead atoms. The second-order valence-electron chi connectivity index (χ2n) is 2.35. The molecule has 0 atom stereocenters. The van der Waals surface area contributed by atoms with E-state index >= 15 is 0 Å². The minimum absolute atomic E-state index is 1.28. The van der Waals surface area contributed by atoms with Gasteiger partial charge < -0.3 is 0 Å². The van der Waals surface area contributed by atoms with Crippen LogP contribution in [0.5, 0.6) is 0 Å². The highest BCUT2D eigenvalue weighted by molar-refractivity contribution is 8.02. The van der Waals surface area contributed by atoms with E-state index in [4.69, 9.17) is 0 Å². The highest BCUT2D eigenvalue weighted by atomic mass is 32.2. The lowest BCUT2D eigenvalue weighted by atomic mass is 10.4. The quantitative estimate of drug-likeness (QED) is 0.553. The summed E-state index contributed by atoms with van der Waals surface area (Å²) in [5, 5.41) is 2.15. The van der Waals surface area contributed by atoms with Crippen LogP contribution in [0.1, 0.15) is 19.3 Å². The summed E-state index contributed by atoms with van der Waals surface area (Å²) in [6.07, 6.45) is 6.41. The zero-order valence-electron chi connectivity index (χ0n) is 6.21. The third-order valence-corrected chi connectivity index (χ3v) is 3.43. The van der Waals surface area contributed by atoms with Crippen molar-refractivity contribution in [1.82, 2.24) is 0 Å². The van der Waals surface area contributed by atoms with Crippen molar-refractivity contribution in [2.75, 3.05) is 17.3 Å². The van der Waals surface area contributed by atoms with Gasteiger partial charge in [-0.05, 0) is 36.2 Å². The maximum atomic E-state index is 2.20. The van der Waals surface area contributed by atoms with Gasteiger partial charge in [-0.3, -0.25) is 0 Å². The number of hydrogen-bond acceptors (Lipinski definition) is 2. The molecule has 2 heteroatoms. The van der Waals surface area contributed by atoms with E-state index < -0.39 is 0 Å². The second-order valence-corrected chi connectivity index (χ2v) is 4.59. The van der Waals surface area contributed by atoms with Crippen molar-refractivity contribution in [2.24, 2.45) is 0 Å². The highest BCUT2D eigenvalue weighted by Crippen LogP contribution is 2.14. The van der Waals surface area contributed by atoms with Crippen LogP contribution in [0.4, 0.5) is 0 Å². The lowest BCUT2D eigenvalue weighted by Gasteiger charge is -1.69. The van der Waals surface area contributed by atoms with Gasteiger partial charge in [-0.15, -0.1) is 11.8 Å². The van der Waals surface area contributed by atoms with E-state index in [1.165, 1.54) is 36.5 Å². The number of thioether (sulfide) groups is 2. The molecular weight excluding hydrogens is 160 g/mol. The van der Waals surface area contributed by atoms with Crippen molar-refractivity contribution in [2.45, 2.75) is 19.3 Å². The molecule has 0 spiro atoms. The van der Waals surface area contributed by atoms with E-state index in [2.05, 4.69) is 23.2 Å². The molecule has 0 aromatic carbocycles. The summed E-state index contributed by atoms with van der Waals surface area (Å²) in [6, 6.07) is 0. The molecule has 0 aromatic heterocycles. The maximum absolute atomic E-state index is 2.20. The van der Waals surface area contributed by atoms with E-state index in [-0.39, 0.29) is 0 Å². The summed E-state index contributed by atoms with van der Waals surface area (Å²) >= 11 is 3.97. The first-order chi connectivity index (χ1) is 5.00. The summed E-state index contributed by atoms with van der Waals surface area (Å²) in [4.78, 5) is 0. The average molecular weight is 174 g/mol.